The maximum absolute atomic E-state index is 12.2. The van der Waals surface area contributed by atoms with E-state index in [1.54, 1.807) is 24.3 Å². The summed E-state index contributed by atoms with van der Waals surface area (Å²) in [5.41, 5.74) is 0. The Morgan fingerprint density at radius 3 is 2.73 bits per heavy atom. The summed E-state index contributed by atoms with van der Waals surface area (Å²) in [6, 6.07) is 9.11. The van der Waals surface area contributed by atoms with E-state index in [4.69, 9.17) is 16.3 Å². The summed E-state index contributed by atoms with van der Waals surface area (Å²) >= 11 is 5.89. The fraction of sp³-hybridized carbons (Fsp3) is 0.421. The van der Waals surface area contributed by atoms with Crippen LogP contribution >= 0.6 is 11.6 Å². The van der Waals surface area contributed by atoms with Crippen LogP contribution in [-0.2, 0) is 4.79 Å². The lowest BCUT2D eigenvalue weighted by Crippen LogP contribution is -2.54. The van der Waals surface area contributed by atoms with Crippen LogP contribution in [0.25, 0.3) is 0 Å². The number of carbonyl (C=O) groups is 1. The highest BCUT2D eigenvalue weighted by molar-refractivity contribution is 6.30. The smallest absolute Gasteiger partial charge is 0.224 e. The second-order valence-electron chi connectivity index (χ2n) is 6.40. The lowest BCUT2D eigenvalue weighted by atomic mass is 10.1. The summed E-state index contributed by atoms with van der Waals surface area (Å²) < 4.78 is 5.78. The van der Waals surface area contributed by atoms with Crippen molar-refractivity contribution in [3.05, 3.63) is 41.7 Å². The van der Waals surface area contributed by atoms with Crippen molar-refractivity contribution < 1.29 is 9.53 Å². The van der Waals surface area contributed by atoms with Crippen molar-refractivity contribution >= 4 is 23.3 Å². The van der Waals surface area contributed by atoms with Gasteiger partial charge in [-0.15, -0.1) is 0 Å². The molecule has 0 radical (unpaired) electrons. The van der Waals surface area contributed by atoms with Gasteiger partial charge in [0, 0.05) is 43.2 Å². The Bertz CT molecular complexity index is 753. The Hall–Kier alpha value is -2.34. The maximum atomic E-state index is 12.2. The number of rotatable bonds is 5. The monoisotopic (exact) mass is 374 g/mol. The number of anilines is 1. The first-order valence-corrected chi connectivity index (χ1v) is 9.24. The Labute approximate surface area is 158 Å². The fourth-order valence-electron chi connectivity index (χ4n) is 3.08. The van der Waals surface area contributed by atoms with Crippen molar-refractivity contribution in [1.29, 1.82) is 0 Å². The molecule has 1 amide bonds. The van der Waals surface area contributed by atoms with Crippen LogP contribution in [-0.4, -0.2) is 46.5 Å². The Balaban J connectivity index is 1.67. The number of amides is 1. The normalized spacial score (nSPS) is 17.3. The zero-order valence-electron chi connectivity index (χ0n) is 15.1. The first-order valence-electron chi connectivity index (χ1n) is 8.86. The zero-order valence-corrected chi connectivity index (χ0v) is 15.8. The highest BCUT2D eigenvalue weighted by Gasteiger charge is 2.27. The minimum absolute atomic E-state index is 0.151. The summed E-state index contributed by atoms with van der Waals surface area (Å²) in [4.78, 5) is 24.9. The van der Waals surface area contributed by atoms with E-state index in [2.05, 4.69) is 21.8 Å². The molecule has 1 aliphatic rings. The summed E-state index contributed by atoms with van der Waals surface area (Å²) in [6.45, 7) is 6.30. The molecule has 1 atom stereocenters. The van der Waals surface area contributed by atoms with Crippen LogP contribution < -0.4 is 9.64 Å². The quantitative estimate of drug-likeness (QED) is 0.797. The molecule has 1 saturated heterocycles. The molecule has 2 aromatic rings. The van der Waals surface area contributed by atoms with Crippen LogP contribution in [0.4, 0.5) is 5.82 Å². The fourth-order valence-corrected chi connectivity index (χ4v) is 3.20. The SMILES string of the molecule is CCCC(=O)N1CCN(c2cc(Oc3ccc(Cl)cc3)ncn2)CC1C. The van der Waals surface area contributed by atoms with Gasteiger partial charge in [0.1, 0.15) is 17.9 Å². The molecule has 0 spiro atoms. The van der Waals surface area contributed by atoms with Gasteiger partial charge >= 0.3 is 0 Å². The number of hydrogen-bond acceptors (Lipinski definition) is 5. The number of ether oxygens (including phenoxy) is 1. The first-order chi connectivity index (χ1) is 12.6. The van der Waals surface area contributed by atoms with Gasteiger partial charge < -0.3 is 14.5 Å². The van der Waals surface area contributed by atoms with Gasteiger partial charge in [-0.25, -0.2) is 9.97 Å². The lowest BCUT2D eigenvalue weighted by Gasteiger charge is -2.40. The number of carbonyl (C=O) groups excluding carboxylic acids is 1. The van der Waals surface area contributed by atoms with Crippen LogP contribution in [0.1, 0.15) is 26.7 Å². The molecule has 0 saturated carbocycles. The third-order valence-corrected chi connectivity index (χ3v) is 4.65. The molecule has 138 valence electrons. The summed E-state index contributed by atoms with van der Waals surface area (Å²) in [5, 5.41) is 0.658. The Morgan fingerprint density at radius 1 is 1.27 bits per heavy atom. The number of nitrogens with zero attached hydrogens (tertiary/aromatic N) is 4. The highest BCUT2D eigenvalue weighted by atomic mass is 35.5. The van der Waals surface area contributed by atoms with E-state index in [9.17, 15) is 4.79 Å². The average Bonchev–Trinajstić information content (AvgIpc) is 2.64. The molecule has 1 aliphatic heterocycles. The Kier molecular flexibility index (Phi) is 5.93. The van der Waals surface area contributed by atoms with Gasteiger partial charge in [-0.2, -0.15) is 0 Å². The van der Waals surface area contributed by atoms with Gasteiger partial charge in [-0.05, 0) is 37.6 Å². The number of halogens is 1. The molecule has 0 aliphatic carbocycles. The van der Waals surface area contributed by atoms with E-state index < -0.39 is 0 Å². The zero-order chi connectivity index (χ0) is 18.5. The number of aromatic nitrogens is 2. The minimum Gasteiger partial charge on any atom is -0.439 e. The highest BCUT2D eigenvalue weighted by Crippen LogP contribution is 2.25. The standard InChI is InChI=1S/C19H23ClN4O2/c1-3-4-19(25)24-10-9-23(12-14(24)2)17-11-18(22-13-21-17)26-16-7-5-15(20)6-8-16/h5-8,11,13-14H,3-4,9-10,12H2,1-2H3. The topological polar surface area (TPSA) is 58.6 Å². The van der Waals surface area contributed by atoms with E-state index in [1.807, 2.05) is 17.9 Å². The average molecular weight is 375 g/mol. The van der Waals surface area contributed by atoms with E-state index >= 15 is 0 Å². The van der Waals surface area contributed by atoms with Crippen molar-refractivity contribution in [2.45, 2.75) is 32.7 Å². The molecule has 2 heterocycles. The van der Waals surface area contributed by atoms with Gasteiger partial charge in [0.25, 0.3) is 0 Å². The number of hydrogen-bond donors (Lipinski definition) is 0. The number of piperazine rings is 1. The molecule has 3 rings (SSSR count). The minimum atomic E-state index is 0.151. The van der Waals surface area contributed by atoms with Crippen molar-refractivity contribution in [3.63, 3.8) is 0 Å². The predicted octanol–water partition coefficient (Wildman–Crippen LogP) is 3.76. The van der Waals surface area contributed by atoms with Crippen molar-refractivity contribution in [2.24, 2.45) is 0 Å². The summed E-state index contributed by atoms with van der Waals surface area (Å²) in [5.74, 6) is 2.18. The molecule has 0 bridgehead atoms. The van der Waals surface area contributed by atoms with Gasteiger partial charge in [0.15, 0.2) is 0 Å². The molecular formula is C19H23ClN4O2. The van der Waals surface area contributed by atoms with E-state index in [1.165, 1.54) is 6.33 Å². The van der Waals surface area contributed by atoms with Crippen molar-refractivity contribution in [2.75, 3.05) is 24.5 Å². The van der Waals surface area contributed by atoms with Crippen LogP contribution in [0.2, 0.25) is 5.02 Å². The lowest BCUT2D eigenvalue weighted by molar-refractivity contribution is -0.133. The third kappa shape index (κ3) is 4.43. The molecule has 6 nitrogen and oxygen atoms in total. The second kappa shape index (κ2) is 8.36. The molecule has 1 unspecified atom stereocenters. The number of benzene rings is 1. The molecule has 7 heteroatoms. The second-order valence-corrected chi connectivity index (χ2v) is 6.84. The molecule has 1 aromatic carbocycles. The van der Waals surface area contributed by atoms with E-state index in [0.29, 0.717) is 29.6 Å². The maximum Gasteiger partial charge on any atom is 0.224 e. The summed E-state index contributed by atoms with van der Waals surface area (Å²) in [7, 11) is 0. The van der Waals surface area contributed by atoms with Gasteiger partial charge in [0.05, 0.1) is 0 Å². The van der Waals surface area contributed by atoms with Crippen LogP contribution in [0.15, 0.2) is 36.7 Å². The van der Waals surface area contributed by atoms with Gasteiger partial charge in [-0.1, -0.05) is 18.5 Å². The first kappa shape index (κ1) is 18.5. The van der Waals surface area contributed by atoms with Gasteiger partial charge in [-0.3, -0.25) is 4.79 Å². The van der Waals surface area contributed by atoms with Crippen LogP contribution in [0.5, 0.6) is 11.6 Å². The molecule has 1 aromatic heterocycles. The largest absolute Gasteiger partial charge is 0.439 e. The van der Waals surface area contributed by atoms with E-state index in [0.717, 1.165) is 25.3 Å². The molecule has 1 fully saturated rings. The van der Waals surface area contributed by atoms with Crippen molar-refractivity contribution in [1.82, 2.24) is 14.9 Å². The summed E-state index contributed by atoms with van der Waals surface area (Å²) in [6.07, 6.45) is 2.99. The molecular weight excluding hydrogens is 352 g/mol. The van der Waals surface area contributed by atoms with E-state index in [-0.39, 0.29) is 11.9 Å². The molecule has 26 heavy (non-hydrogen) atoms. The van der Waals surface area contributed by atoms with Crippen molar-refractivity contribution in [3.8, 4) is 11.6 Å². The van der Waals surface area contributed by atoms with Crippen LogP contribution in [0.3, 0.4) is 0 Å². The predicted molar refractivity (Wildman–Crippen MR) is 102 cm³/mol. The Morgan fingerprint density at radius 2 is 2.04 bits per heavy atom. The van der Waals surface area contributed by atoms with Crippen LogP contribution in [0, 0.1) is 0 Å². The van der Waals surface area contributed by atoms with Gasteiger partial charge in [0.2, 0.25) is 11.8 Å². The molecule has 0 N–H and O–H groups in total. The third-order valence-electron chi connectivity index (χ3n) is 4.40.